The van der Waals surface area contributed by atoms with Crippen LogP contribution < -0.4 is 15.0 Å². The number of anilines is 1. The first-order chi connectivity index (χ1) is 13.5. The first kappa shape index (κ1) is 20.2. The van der Waals surface area contributed by atoms with Crippen molar-refractivity contribution in [1.29, 1.82) is 0 Å². The number of halogens is 1. The second-order valence-electron chi connectivity index (χ2n) is 6.96. The second kappa shape index (κ2) is 9.11. The fraction of sp³-hybridized carbons (Fsp3) is 0.364. The molecule has 5 nitrogen and oxygen atoms in total. The molecule has 1 N–H and O–H groups in total. The SMILES string of the molecule is CCCCCOc1ccc(CN2C(=O)[C@H](NC(C)=O)c3cc(Cl)ccc32)cc1. The number of nitrogens with one attached hydrogen (secondary N) is 1. The highest BCUT2D eigenvalue weighted by Gasteiger charge is 2.37. The Hall–Kier alpha value is -2.53. The lowest BCUT2D eigenvalue weighted by atomic mass is 10.1. The maximum absolute atomic E-state index is 12.9. The van der Waals surface area contributed by atoms with Gasteiger partial charge in [0.2, 0.25) is 5.91 Å². The number of hydrogen-bond donors (Lipinski definition) is 1. The largest absolute Gasteiger partial charge is 0.494 e. The number of carbonyl (C=O) groups is 2. The maximum atomic E-state index is 12.9. The minimum atomic E-state index is -0.702. The summed E-state index contributed by atoms with van der Waals surface area (Å²) in [6.07, 6.45) is 3.37. The standard InChI is InChI=1S/C22H25ClN2O3/c1-3-4-5-12-28-18-9-6-16(7-10-18)14-25-20-11-8-17(23)13-19(20)21(22(25)27)24-15(2)26/h6-11,13,21H,3-5,12,14H2,1-2H3,(H,24,26)/t21-/m1/s1. The van der Waals surface area contributed by atoms with Gasteiger partial charge in [0.05, 0.1) is 13.2 Å². The fourth-order valence-electron chi connectivity index (χ4n) is 3.33. The van der Waals surface area contributed by atoms with Crippen molar-refractivity contribution in [3.05, 3.63) is 58.6 Å². The summed E-state index contributed by atoms with van der Waals surface area (Å²) in [5.41, 5.74) is 2.48. The number of unbranched alkanes of at least 4 members (excludes halogenated alkanes) is 2. The number of rotatable bonds is 8. The molecule has 0 spiro atoms. The number of hydrogen-bond acceptors (Lipinski definition) is 3. The van der Waals surface area contributed by atoms with Crippen molar-refractivity contribution in [3.8, 4) is 5.75 Å². The van der Waals surface area contributed by atoms with Crippen LogP contribution in [0.25, 0.3) is 0 Å². The Morgan fingerprint density at radius 1 is 1.18 bits per heavy atom. The van der Waals surface area contributed by atoms with E-state index < -0.39 is 6.04 Å². The summed E-state index contributed by atoms with van der Waals surface area (Å²) in [5, 5.41) is 3.26. The minimum Gasteiger partial charge on any atom is -0.494 e. The lowest BCUT2D eigenvalue weighted by Crippen LogP contribution is -2.36. The van der Waals surface area contributed by atoms with E-state index in [-0.39, 0.29) is 11.8 Å². The maximum Gasteiger partial charge on any atom is 0.254 e. The molecule has 0 radical (unpaired) electrons. The Labute approximate surface area is 170 Å². The van der Waals surface area contributed by atoms with Crippen LogP contribution in [-0.4, -0.2) is 18.4 Å². The summed E-state index contributed by atoms with van der Waals surface area (Å²) in [6, 6.07) is 12.4. The van der Waals surface area contributed by atoms with Crippen LogP contribution in [0.5, 0.6) is 5.75 Å². The van der Waals surface area contributed by atoms with Gasteiger partial charge in [0.25, 0.3) is 5.91 Å². The van der Waals surface area contributed by atoms with Gasteiger partial charge in [0.15, 0.2) is 0 Å². The van der Waals surface area contributed by atoms with Gasteiger partial charge in [-0.05, 0) is 42.3 Å². The molecule has 1 heterocycles. The topological polar surface area (TPSA) is 58.6 Å². The lowest BCUT2D eigenvalue weighted by Gasteiger charge is -2.18. The Kier molecular flexibility index (Phi) is 6.57. The number of fused-ring (bicyclic) bond motifs is 1. The summed E-state index contributed by atoms with van der Waals surface area (Å²) in [7, 11) is 0. The average molecular weight is 401 g/mol. The highest BCUT2D eigenvalue weighted by atomic mass is 35.5. The van der Waals surface area contributed by atoms with Crippen LogP contribution in [-0.2, 0) is 16.1 Å². The van der Waals surface area contributed by atoms with E-state index in [1.165, 1.54) is 13.3 Å². The van der Waals surface area contributed by atoms with E-state index in [1.807, 2.05) is 30.3 Å². The van der Waals surface area contributed by atoms with Crippen molar-refractivity contribution in [1.82, 2.24) is 5.32 Å². The zero-order valence-electron chi connectivity index (χ0n) is 16.2. The van der Waals surface area contributed by atoms with E-state index in [1.54, 1.807) is 17.0 Å². The highest BCUT2D eigenvalue weighted by molar-refractivity contribution is 6.31. The molecular formula is C22H25ClN2O3. The number of amides is 2. The third-order valence-electron chi connectivity index (χ3n) is 4.73. The van der Waals surface area contributed by atoms with E-state index >= 15 is 0 Å². The van der Waals surface area contributed by atoms with E-state index in [4.69, 9.17) is 16.3 Å². The summed E-state index contributed by atoms with van der Waals surface area (Å²) < 4.78 is 5.74. The number of ether oxygens (including phenoxy) is 1. The molecule has 1 aliphatic heterocycles. The summed E-state index contributed by atoms with van der Waals surface area (Å²) in [4.78, 5) is 26.2. The molecule has 1 atom stereocenters. The molecule has 2 aromatic rings. The second-order valence-corrected chi connectivity index (χ2v) is 7.40. The van der Waals surface area contributed by atoms with Crippen LogP contribution in [0.4, 0.5) is 5.69 Å². The molecule has 28 heavy (non-hydrogen) atoms. The highest BCUT2D eigenvalue weighted by Crippen LogP contribution is 2.38. The lowest BCUT2D eigenvalue weighted by molar-refractivity contribution is -0.126. The van der Waals surface area contributed by atoms with Crippen molar-refractivity contribution in [3.63, 3.8) is 0 Å². The molecule has 2 aromatic carbocycles. The smallest absolute Gasteiger partial charge is 0.254 e. The summed E-state index contributed by atoms with van der Waals surface area (Å²) >= 11 is 6.10. The van der Waals surface area contributed by atoms with Gasteiger partial charge in [0.1, 0.15) is 11.8 Å². The van der Waals surface area contributed by atoms with Crippen LogP contribution in [0.1, 0.15) is 50.3 Å². The van der Waals surface area contributed by atoms with Crippen molar-refractivity contribution in [2.75, 3.05) is 11.5 Å². The Morgan fingerprint density at radius 2 is 1.93 bits per heavy atom. The third kappa shape index (κ3) is 4.65. The zero-order valence-corrected chi connectivity index (χ0v) is 17.0. The predicted octanol–water partition coefficient (Wildman–Crippen LogP) is 4.63. The molecule has 0 bridgehead atoms. The molecule has 0 fully saturated rings. The van der Waals surface area contributed by atoms with Gasteiger partial charge in [-0.2, -0.15) is 0 Å². The number of benzene rings is 2. The molecule has 0 saturated carbocycles. The van der Waals surface area contributed by atoms with Gasteiger partial charge in [-0.3, -0.25) is 9.59 Å². The molecule has 0 aromatic heterocycles. The van der Waals surface area contributed by atoms with Gasteiger partial charge < -0.3 is 15.0 Å². The quantitative estimate of drug-likeness (QED) is 0.657. The molecule has 2 amide bonds. The van der Waals surface area contributed by atoms with E-state index in [9.17, 15) is 9.59 Å². The Morgan fingerprint density at radius 3 is 2.61 bits per heavy atom. The molecule has 0 aliphatic carbocycles. The van der Waals surface area contributed by atoms with Gasteiger partial charge in [-0.1, -0.05) is 43.5 Å². The Balaban J connectivity index is 1.73. The van der Waals surface area contributed by atoms with Crippen molar-refractivity contribution >= 4 is 29.1 Å². The van der Waals surface area contributed by atoms with Crippen molar-refractivity contribution in [2.45, 2.75) is 45.7 Å². The minimum absolute atomic E-state index is 0.160. The van der Waals surface area contributed by atoms with Crippen molar-refractivity contribution < 1.29 is 14.3 Å². The fourth-order valence-corrected chi connectivity index (χ4v) is 3.51. The third-order valence-corrected chi connectivity index (χ3v) is 4.97. The zero-order chi connectivity index (χ0) is 20.1. The molecule has 6 heteroatoms. The summed E-state index contributed by atoms with van der Waals surface area (Å²) in [6.45, 7) is 4.69. The molecule has 0 saturated heterocycles. The van der Waals surface area contributed by atoms with Gasteiger partial charge in [-0.15, -0.1) is 0 Å². The van der Waals surface area contributed by atoms with Crippen molar-refractivity contribution in [2.24, 2.45) is 0 Å². The normalized spacial score (nSPS) is 15.5. The number of nitrogens with zero attached hydrogens (tertiary/aromatic N) is 1. The van der Waals surface area contributed by atoms with Crippen LogP contribution >= 0.6 is 11.6 Å². The van der Waals surface area contributed by atoms with E-state index in [0.29, 0.717) is 18.2 Å². The molecule has 1 aliphatic rings. The first-order valence-corrected chi connectivity index (χ1v) is 9.97. The summed E-state index contributed by atoms with van der Waals surface area (Å²) in [5.74, 6) is 0.416. The first-order valence-electron chi connectivity index (χ1n) is 9.59. The van der Waals surface area contributed by atoms with Crippen LogP contribution in [0.15, 0.2) is 42.5 Å². The monoisotopic (exact) mass is 400 g/mol. The van der Waals surface area contributed by atoms with E-state index in [2.05, 4.69) is 12.2 Å². The van der Waals surface area contributed by atoms with Crippen LogP contribution in [0.2, 0.25) is 5.02 Å². The molecule has 148 valence electrons. The molecular weight excluding hydrogens is 376 g/mol. The van der Waals surface area contributed by atoms with Gasteiger partial charge in [-0.25, -0.2) is 0 Å². The Bertz CT molecular complexity index is 851. The predicted molar refractivity (Wildman–Crippen MR) is 111 cm³/mol. The molecule has 0 unspecified atom stereocenters. The van der Waals surface area contributed by atoms with E-state index in [0.717, 1.165) is 35.4 Å². The average Bonchev–Trinajstić information content (AvgIpc) is 2.91. The number of carbonyl (C=O) groups excluding carboxylic acids is 2. The van der Waals surface area contributed by atoms with Crippen LogP contribution in [0, 0.1) is 0 Å². The van der Waals surface area contributed by atoms with Gasteiger partial charge in [0, 0.05) is 23.2 Å². The van der Waals surface area contributed by atoms with Gasteiger partial charge >= 0.3 is 0 Å². The van der Waals surface area contributed by atoms with Crippen LogP contribution in [0.3, 0.4) is 0 Å². The molecule has 3 rings (SSSR count).